The number of amides is 1. The molecule has 0 bridgehead atoms. The minimum atomic E-state index is -0.845. The lowest BCUT2D eigenvalue weighted by atomic mass is 9.78. The van der Waals surface area contributed by atoms with Gasteiger partial charge in [0.1, 0.15) is 0 Å². The van der Waals surface area contributed by atoms with Crippen LogP contribution in [0.15, 0.2) is 18.2 Å². The molecule has 3 fully saturated rings. The van der Waals surface area contributed by atoms with Crippen LogP contribution in [0.4, 0.5) is 14.5 Å². The van der Waals surface area contributed by atoms with Crippen molar-refractivity contribution >= 4 is 11.6 Å². The number of aliphatic hydroxyl groups is 1. The molecule has 1 aromatic rings. The van der Waals surface area contributed by atoms with Crippen molar-refractivity contribution in [2.45, 2.75) is 57.1 Å². The monoisotopic (exact) mass is 364 g/mol. The van der Waals surface area contributed by atoms with Crippen LogP contribution in [0, 0.1) is 17.0 Å². The van der Waals surface area contributed by atoms with E-state index in [1.165, 1.54) is 6.07 Å². The molecular weight excluding hydrogens is 338 g/mol. The number of carbonyl (C=O) groups is 1. The number of anilines is 1. The van der Waals surface area contributed by atoms with Gasteiger partial charge < -0.3 is 14.9 Å². The van der Waals surface area contributed by atoms with Crippen LogP contribution in [0.1, 0.15) is 44.9 Å². The highest BCUT2D eigenvalue weighted by Gasteiger charge is 2.50. The molecule has 4 rings (SSSR count). The Hall–Kier alpha value is -1.69. The number of nitrogens with zero attached hydrogens (tertiary/aromatic N) is 2. The van der Waals surface area contributed by atoms with Crippen LogP contribution in [0.2, 0.25) is 0 Å². The third kappa shape index (κ3) is 2.98. The molecule has 2 aliphatic heterocycles. The Morgan fingerprint density at radius 1 is 1.08 bits per heavy atom. The highest BCUT2D eigenvalue weighted by Crippen LogP contribution is 2.43. The van der Waals surface area contributed by atoms with E-state index >= 15 is 0 Å². The maximum atomic E-state index is 14.2. The summed E-state index contributed by atoms with van der Waals surface area (Å²) in [6, 6.07) is 4.45. The highest BCUT2D eigenvalue weighted by molar-refractivity contribution is 5.86. The number of aliphatic hydroxyl groups excluding tert-OH is 1. The average molecular weight is 364 g/mol. The fourth-order valence-corrected chi connectivity index (χ4v) is 5.02. The van der Waals surface area contributed by atoms with Gasteiger partial charge in [0.05, 0.1) is 17.2 Å². The first-order valence-corrected chi connectivity index (χ1v) is 9.68. The molecule has 1 saturated carbocycles. The molecule has 2 saturated heterocycles. The Bertz CT molecular complexity index is 690. The van der Waals surface area contributed by atoms with Gasteiger partial charge in [0, 0.05) is 25.7 Å². The average Bonchev–Trinajstić information content (AvgIpc) is 2.94. The number of hydrogen-bond donors (Lipinski definition) is 1. The number of rotatable bonds is 2. The van der Waals surface area contributed by atoms with Crippen molar-refractivity contribution in [3.63, 3.8) is 0 Å². The van der Waals surface area contributed by atoms with E-state index in [0.717, 1.165) is 57.6 Å². The Labute approximate surface area is 152 Å². The fourth-order valence-electron chi connectivity index (χ4n) is 5.02. The van der Waals surface area contributed by atoms with E-state index < -0.39 is 17.0 Å². The fraction of sp³-hybridized carbons (Fsp3) is 0.650. The standard InChI is InChI=1S/C20H26F2N2O2/c21-16-3-1-4-17(18(16)22)23-11-2-9-20(13-23)10-12-24(19(20)26)14-5-7-15(25)8-6-14/h1,3-4,14-15,25H,2,5-13H2/t14?,15?,20-/m0/s1. The van der Waals surface area contributed by atoms with Gasteiger partial charge in [0.15, 0.2) is 11.6 Å². The summed E-state index contributed by atoms with van der Waals surface area (Å²) in [5.41, 5.74) is -0.219. The predicted octanol–water partition coefficient (Wildman–Crippen LogP) is 3.09. The summed E-state index contributed by atoms with van der Waals surface area (Å²) in [6.07, 6.45) is 5.36. The van der Waals surface area contributed by atoms with Crippen LogP contribution in [0.5, 0.6) is 0 Å². The first-order valence-electron chi connectivity index (χ1n) is 9.68. The minimum Gasteiger partial charge on any atom is -0.393 e. The Morgan fingerprint density at radius 3 is 2.62 bits per heavy atom. The van der Waals surface area contributed by atoms with Crippen LogP contribution in [-0.2, 0) is 4.79 Å². The Morgan fingerprint density at radius 2 is 1.85 bits per heavy atom. The van der Waals surface area contributed by atoms with Gasteiger partial charge in [0.25, 0.3) is 0 Å². The minimum absolute atomic E-state index is 0.167. The largest absolute Gasteiger partial charge is 0.393 e. The molecule has 0 aromatic heterocycles. The van der Waals surface area contributed by atoms with Crippen molar-refractivity contribution < 1.29 is 18.7 Å². The lowest BCUT2D eigenvalue weighted by molar-refractivity contribution is -0.139. The van der Waals surface area contributed by atoms with Gasteiger partial charge in [-0.05, 0) is 57.1 Å². The predicted molar refractivity (Wildman–Crippen MR) is 94.8 cm³/mol. The van der Waals surface area contributed by atoms with Crippen molar-refractivity contribution in [2.75, 3.05) is 24.5 Å². The quantitative estimate of drug-likeness (QED) is 0.877. The van der Waals surface area contributed by atoms with Gasteiger partial charge in [0.2, 0.25) is 5.91 Å². The summed E-state index contributed by atoms with van der Waals surface area (Å²) < 4.78 is 27.8. The van der Waals surface area contributed by atoms with Crippen molar-refractivity contribution in [2.24, 2.45) is 5.41 Å². The van der Waals surface area contributed by atoms with Crippen LogP contribution in [0.3, 0.4) is 0 Å². The molecular formula is C20H26F2N2O2. The van der Waals surface area contributed by atoms with E-state index in [0.29, 0.717) is 13.1 Å². The van der Waals surface area contributed by atoms with Crippen LogP contribution < -0.4 is 4.90 Å². The molecule has 1 amide bonds. The summed E-state index contributed by atoms with van der Waals surface area (Å²) in [5, 5.41) is 9.71. The Balaban J connectivity index is 1.52. The first-order chi connectivity index (χ1) is 12.5. The number of hydrogen-bond acceptors (Lipinski definition) is 3. The lowest BCUT2D eigenvalue weighted by Crippen LogP contribution is -2.50. The number of halogens is 2. The van der Waals surface area contributed by atoms with E-state index in [9.17, 15) is 18.7 Å². The number of piperidine rings is 1. The summed E-state index contributed by atoms with van der Waals surface area (Å²) >= 11 is 0. The van der Waals surface area contributed by atoms with E-state index in [2.05, 4.69) is 0 Å². The molecule has 0 unspecified atom stereocenters. The third-order valence-corrected chi connectivity index (χ3v) is 6.50. The van der Waals surface area contributed by atoms with E-state index in [-0.39, 0.29) is 23.7 Å². The van der Waals surface area contributed by atoms with Crippen molar-refractivity contribution in [1.82, 2.24) is 4.90 Å². The topological polar surface area (TPSA) is 43.8 Å². The Kier molecular flexibility index (Phi) is 4.63. The van der Waals surface area contributed by atoms with Crippen molar-refractivity contribution in [3.05, 3.63) is 29.8 Å². The molecule has 142 valence electrons. The molecule has 1 N–H and O–H groups in total. The summed E-state index contributed by atoms with van der Waals surface area (Å²) in [5.74, 6) is -1.50. The second-order valence-corrected chi connectivity index (χ2v) is 8.09. The normalized spacial score (nSPS) is 32.5. The van der Waals surface area contributed by atoms with Crippen LogP contribution in [0.25, 0.3) is 0 Å². The van der Waals surface area contributed by atoms with E-state index in [1.807, 2.05) is 9.80 Å². The van der Waals surface area contributed by atoms with Crippen LogP contribution >= 0.6 is 0 Å². The molecule has 1 aromatic carbocycles. The molecule has 1 aliphatic carbocycles. The molecule has 1 spiro atoms. The SMILES string of the molecule is O=C1N(C2CCC(O)CC2)CC[C@]12CCCN(c1cccc(F)c1F)C2. The summed E-state index contributed by atoms with van der Waals surface area (Å²) in [4.78, 5) is 17.1. The molecule has 26 heavy (non-hydrogen) atoms. The van der Waals surface area contributed by atoms with Crippen LogP contribution in [-0.4, -0.2) is 47.7 Å². The number of benzene rings is 1. The van der Waals surface area contributed by atoms with Gasteiger partial charge >= 0.3 is 0 Å². The second kappa shape index (κ2) is 6.80. The molecule has 0 radical (unpaired) electrons. The molecule has 4 nitrogen and oxygen atoms in total. The second-order valence-electron chi connectivity index (χ2n) is 8.09. The smallest absolute Gasteiger partial charge is 0.230 e. The van der Waals surface area contributed by atoms with Gasteiger partial charge in [-0.25, -0.2) is 8.78 Å². The van der Waals surface area contributed by atoms with Gasteiger partial charge in [-0.3, -0.25) is 4.79 Å². The lowest BCUT2D eigenvalue weighted by Gasteiger charge is -2.41. The van der Waals surface area contributed by atoms with Crippen molar-refractivity contribution in [1.29, 1.82) is 0 Å². The van der Waals surface area contributed by atoms with Crippen molar-refractivity contribution in [3.8, 4) is 0 Å². The zero-order valence-electron chi connectivity index (χ0n) is 15.0. The van der Waals surface area contributed by atoms with E-state index in [1.54, 1.807) is 6.07 Å². The number of carbonyl (C=O) groups excluding carboxylic acids is 1. The zero-order chi connectivity index (χ0) is 18.3. The third-order valence-electron chi connectivity index (χ3n) is 6.50. The summed E-state index contributed by atoms with van der Waals surface area (Å²) in [6.45, 7) is 1.84. The maximum Gasteiger partial charge on any atom is 0.230 e. The molecule has 1 atom stereocenters. The van der Waals surface area contributed by atoms with Gasteiger partial charge in [-0.15, -0.1) is 0 Å². The summed E-state index contributed by atoms with van der Waals surface area (Å²) in [7, 11) is 0. The zero-order valence-corrected chi connectivity index (χ0v) is 15.0. The molecule has 3 aliphatic rings. The van der Waals surface area contributed by atoms with Gasteiger partial charge in [-0.1, -0.05) is 6.07 Å². The molecule has 2 heterocycles. The number of likely N-dealkylation sites (tertiary alicyclic amines) is 1. The maximum absolute atomic E-state index is 14.2. The highest BCUT2D eigenvalue weighted by atomic mass is 19.2. The first kappa shape index (κ1) is 17.7. The molecule has 6 heteroatoms. The van der Waals surface area contributed by atoms with Gasteiger partial charge in [-0.2, -0.15) is 0 Å². The van der Waals surface area contributed by atoms with E-state index in [4.69, 9.17) is 0 Å².